The van der Waals surface area contributed by atoms with Crippen LogP contribution in [0.1, 0.15) is 20.8 Å². The lowest BCUT2D eigenvalue weighted by atomic mass is 10.2. The van der Waals surface area contributed by atoms with Gasteiger partial charge in [0.25, 0.3) is 0 Å². The molecular weight excluding hydrogens is 180 g/mol. The van der Waals surface area contributed by atoms with Gasteiger partial charge in [0.2, 0.25) is 5.91 Å². The number of primary amides is 1. The highest BCUT2D eigenvalue weighted by Crippen LogP contribution is 2.06. The largest absolute Gasteiger partial charge is 0.374 e. The fourth-order valence-corrected chi connectivity index (χ4v) is 0.422. The van der Waals surface area contributed by atoms with Crippen molar-refractivity contribution in [2.45, 2.75) is 32.4 Å². The Bertz CT molecular complexity index is 145. The molecular formula is C7H17ClN2O2. The van der Waals surface area contributed by atoms with Crippen LogP contribution in [0.2, 0.25) is 0 Å². The molecule has 74 valence electrons. The van der Waals surface area contributed by atoms with Crippen LogP contribution in [0.3, 0.4) is 0 Å². The SMILES string of the molecule is CC(C)(C)OCC(N)C(N)=O.Cl. The number of amides is 1. The molecule has 5 heteroatoms. The van der Waals surface area contributed by atoms with E-state index in [-0.39, 0.29) is 24.6 Å². The van der Waals surface area contributed by atoms with Crippen molar-refractivity contribution in [2.24, 2.45) is 11.5 Å². The maximum atomic E-state index is 10.4. The molecule has 4 N–H and O–H groups in total. The van der Waals surface area contributed by atoms with Gasteiger partial charge in [0, 0.05) is 0 Å². The van der Waals surface area contributed by atoms with Crippen LogP contribution in [-0.4, -0.2) is 24.2 Å². The second kappa shape index (κ2) is 5.35. The van der Waals surface area contributed by atoms with Gasteiger partial charge in [-0.05, 0) is 20.8 Å². The molecule has 0 fully saturated rings. The molecule has 0 aromatic carbocycles. The fourth-order valence-electron chi connectivity index (χ4n) is 0.422. The number of rotatable bonds is 3. The first-order chi connectivity index (χ1) is 4.83. The average molecular weight is 197 g/mol. The molecule has 0 bridgehead atoms. The minimum absolute atomic E-state index is 0. The van der Waals surface area contributed by atoms with E-state index < -0.39 is 11.9 Å². The first kappa shape index (κ1) is 14.2. The third-order valence-corrected chi connectivity index (χ3v) is 1.06. The summed E-state index contributed by atoms with van der Waals surface area (Å²) in [5, 5.41) is 0. The summed E-state index contributed by atoms with van der Waals surface area (Å²) >= 11 is 0. The Balaban J connectivity index is 0. The van der Waals surface area contributed by atoms with Gasteiger partial charge in [-0.1, -0.05) is 0 Å². The minimum atomic E-state index is -0.700. The molecule has 0 aromatic rings. The van der Waals surface area contributed by atoms with Crippen LogP contribution >= 0.6 is 12.4 Å². The van der Waals surface area contributed by atoms with Crippen molar-refractivity contribution in [1.29, 1.82) is 0 Å². The van der Waals surface area contributed by atoms with Crippen molar-refractivity contribution in [3.63, 3.8) is 0 Å². The number of carbonyl (C=O) groups is 1. The van der Waals surface area contributed by atoms with Gasteiger partial charge in [0.1, 0.15) is 6.04 Å². The van der Waals surface area contributed by atoms with Crippen LogP contribution in [-0.2, 0) is 9.53 Å². The maximum absolute atomic E-state index is 10.4. The van der Waals surface area contributed by atoms with Crippen LogP contribution in [0.25, 0.3) is 0 Å². The maximum Gasteiger partial charge on any atom is 0.236 e. The summed E-state index contributed by atoms with van der Waals surface area (Å²) in [4.78, 5) is 10.4. The molecule has 0 aliphatic rings. The number of carbonyl (C=O) groups excluding carboxylic acids is 1. The quantitative estimate of drug-likeness (QED) is 0.669. The molecule has 0 radical (unpaired) electrons. The van der Waals surface area contributed by atoms with E-state index in [1.807, 2.05) is 20.8 Å². The Hall–Kier alpha value is -0.320. The molecule has 0 heterocycles. The zero-order valence-corrected chi connectivity index (χ0v) is 8.48. The lowest BCUT2D eigenvalue weighted by Gasteiger charge is -2.20. The van der Waals surface area contributed by atoms with E-state index >= 15 is 0 Å². The topological polar surface area (TPSA) is 78.3 Å². The third-order valence-electron chi connectivity index (χ3n) is 1.06. The van der Waals surface area contributed by atoms with E-state index in [9.17, 15) is 4.79 Å². The second-order valence-corrected chi connectivity index (χ2v) is 3.43. The Morgan fingerprint density at radius 2 is 1.92 bits per heavy atom. The van der Waals surface area contributed by atoms with E-state index in [1.165, 1.54) is 0 Å². The van der Waals surface area contributed by atoms with Gasteiger partial charge >= 0.3 is 0 Å². The van der Waals surface area contributed by atoms with E-state index in [0.29, 0.717) is 0 Å². The molecule has 0 saturated carbocycles. The van der Waals surface area contributed by atoms with Gasteiger partial charge in [-0.2, -0.15) is 0 Å². The van der Waals surface area contributed by atoms with Crippen LogP contribution in [0.4, 0.5) is 0 Å². The van der Waals surface area contributed by atoms with E-state index in [4.69, 9.17) is 16.2 Å². The second-order valence-electron chi connectivity index (χ2n) is 3.43. The monoisotopic (exact) mass is 196 g/mol. The van der Waals surface area contributed by atoms with Crippen molar-refractivity contribution < 1.29 is 9.53 Å². The molecule has 0 aliphatic carbocycles. The number of hydrogen-bond donors (Lipinski definition) is 2. The molecule has 1 amide bonds. The molecule has 4 nitrogen and oxygen atoms in total. The van der Waals surface area contributed by atoms with Crippen LogP contribution in [0, 0.1) is 0 Å². The summed E-state index contributed by atoms with van der Waals surface area (Å²) in [6.07, 6.45) is 0. The first-order valence-electron chi connectivity index (χ1n) is 3.52. The lowest BCUT2D eigenvalue weighted by Crippen LogP contribution is -2.42. The molecule has 0 aromatic heterocycles. The highest BCUT2D eigenvalue weighted by atomic mass is 35.5. The van der Waals surface area contributed by atoms with E-state index in [0.717, 1.165) is 0 Å². The minimum Gasteiger partial charge on any atom is -0.374 e. The lowest BCUT2D eigenvalue weighted by molar-refractivity contribution is -0.121. The van der Waals surface area contributed by atoms with Gasteiger partial charge in [0.05, 0.1) is 12.2 Å². The van der Waals surface area contributed by atoms with Crippen LogP contribution < -0.4 is 11.5 Å². The van der Waals surface area contributed by atoms with Crippen molar-refractivity contribution in [3.8, 4) is 0 Å². The number of halogens is 1. The van der Waals surface area contributed by atoms with E-state index in [1.54, 1.807) is 0 Å². The molecule has 0 saturated heterocycles. The van der Waals surface area contributed by atoms with Crippen LogP contribution in [0.5, 0.6) is 0 Å². The molecule has 12 heavy (non-hydrogen) atoms. The molecule has 0 rings (SSSR count). The average Bonchev–Trinajstić information content (AvgIpc) is 1.80. The molecule has 0 spiro atoms. The first-order valence-corrected chi connectivity index (χ1v) is 3.52. The van der Waals surface area contributed by atoms with Gasteiger partial charge in [0.15, 0.2) is 0 Å². The summed E-state index contributed by atoms with van der Waals surface area (Å²) in [7, 11) is 0. The predicted molar refractivity (Wildman–Crippen MR) is 50.1 cm³/mol. The Labute approximate surface area is 79.0 Å². The van der Waals surface area contributed by atoms with Crippen molar-refractivity contribution in [3.05, 3.63) is 0 Å². The van der Waals surface area contributed by atoms with Crippen molar-refractivity contribution in [2.75, 3.05) is 6.61 Å². The molecule has 1 atom stereocenters. The summed E-state index contributed by atoms with van der Waals surface area (Å²) in [6.45, 7) is 5.85. The summed E-state index contributed by atoms with van der Waals surface area (Å²) in [5.74, 6) is -0.533. The van der Waals surface area contributed by atoms with Gasteiger partial charge in [-0.3, -0.25) is 4.79 Å². The highest BCUT2D eigenvalue weighted by molar-refractivity contribution is 5.85. The normalized spacial score (nSPS) is 13.3. The van der Waals surface area contributed by atoms with Gasteiger partial charge in [-0.25, -0.2) is 0 Å². The molecule has 1 unspecified atom stereocenters. The smallest absolute Gasteiger partial charge is 0.236 e. The van der Waals surface area contributed by atoms with Crippen LogP contribution in [0.15, 0.2) is 0 Å². The third kappa shape index (κ3) is 7.78. The molecule has 0 aliphatic heterocycles. The number of ether oxygens (including phenoxy) is 1. The Kier molecular flexibility index (Phi) is 6.34. The van der Waals surface area contributed by atoms with Gasteiger partial charge in [-0.15, -0.1) is 12.4 Å². The predicted octanol–water partition coefficient (Wildman–Crippen LogP) is 0.0359. The fraction of sp³-hybridized carbons (Fsp3) is 0.857. The zero-order chi connectivity index (χ0) is 9.07. The standard InChI is InChI=1S/C7H16N2O2.ClH/c1-7(2,3)11-4-5(8)6(9)10;/h5H,4,8H2,1-3H3,(H2,9,10);1H. The Morgan fingerprint density at radius 1 is 1.50 bits per heavy atom. The summed E-state index contributed by atoms with van der Waals surface area (Å²) in [5.41, 5.74) is 9.97. The van der Waals surface area contributed by atoms with Crippen molar-refractivity contribution >= 4 is 18.3 Å². The Morgan fingerprint density at radius 3 is 2.17 bits per heavy atom. The van der Waals surface area contributed by atoms with E-state index in [2.05, 4.69) is 0 Å². The summed E-state index contributed by atoms with van der Waals surface area (Å²) < 4.78 is 5.23. The number of nitrogens with two attached hydrogens (primary N) is 2. The summed E-state index contributed by atoms with van der Waals surface area (Å²) in [6, 6.07) is -0.700. The van der Waals surface area contributed by atoms with Gasteiger partial charge < -0.3 is 16.2 Å². The zero-order valence-electron chi connectivity index (χ0n) is 7.66. The van der Waals surface area contributed by atoms with Crippen molar-refractivity contribution in [1.82, 2.24) is 0 Å². The number of hydrogen-bond acceptors (Lipinski definition) is 3. The highest BCUT2D eigenvalue weighted by Gasteiger charge is 2.15.